The SMILES string of the molecule is CCCCCCCCCCCCOc1ccc(C(=O)Oc2ccc(C(=O)Oc3cccc(OC(=O)c4ccc(OC(=O)c5ccc(OCCCCCCCCCCCC)cc5)cc4)c3)cc2)cc1. The lowest BCUT2D eigenvalue weighted by Crippen LogP contribution is -2.11. The van der Waals surface area contributed by atoms with Gasteiger partial charge in [-0.1, -0.05) is 135 Å². The molecule has 68 heavy (non-hydrogen) atoms. The summed E-state index contributed by atoms with van der Waals surface area (Å²) < 4.78 is 33.9. The summed E-state index contributed by atoms with van der Waals surface area (Å²) in [5, 5.41) is 0. The largest absolute Gasteiger partial charge is 0.494 e. The highest BCUT2D eigenvalue weighted by molar-refractivity contribution is 5.94. The van der Waals surface area contributed by atoms with E-state index in [4.69, 9.17) is 28.4 Å². The zero-order valence-corrected chi connectivity index (χ0v) is 40.2. The Morgan fingerprint density at radius 2 is 0.544 bits per heavy atom. The summed E-state index contributed by atoms with van der Waals surface area (Å²) >= 11 is 0. The lowest BCUT2D eigenvalue weighted by molar-refractivity contribution is 0.0723. The zero-order chi connectivity index (χ0) is 48.0. The van der Waals surface area contributed by atoms with Gasteiger partial charge in [-0.15, -0.1) is 0 Å². The van der Waals surface area contributed by atoms with Gasteiger partial charge < -0.3 is 28.4 Å². The fourth-order valence-electron chi connectivity index (χ4n) is 7.52. The standard InChI is InChI=1S/C58H70O10/c1-3-5-7-9-11-13-15-17-19-21-42-63-49-34-26-45(27-35-49)55(59)65-51-38-30-47(31-39-51)57(61)67-53-24-23-25-54(44-53)68-58(62)48-32-40-52(41-33-48)66-56(60)46-28-36-50(37-29-46)64-43-22-20-18-16-14-12-10-8-6-4-2/h23-41,44H,3-22,42-43H2,1-2H3. The van der Waals surface area contributed by atoms with E-state index >= 15 is 0 Å². The minimum Gasteiger partial charge on any atom is -0.494 e. The van der Waals surface area contributed by atoms with Crippen molar-refractivity contribution in [2.45, 2.75) is 142 Å². The third-order valence-corrected chi connectivity index (χ3v) is 11.5. The molecular weight excluding hydrogens is 857 g/mol. The molecule has 5 rings (SSSR count). The Kier molecular flexibility index (Phi) is 23.8. The minimum absolute atomic E-state index is 0.155. The van der Waals surface area contributed by atoms with Crippen LogP contribution in [0.25, 0.3) is 0 Å². The molecule has 0 heterocycles. The summed E-state index contributed by atoms with van der Waals surface area (Å²) in [4.78, 5) is 51.6. The van der Waals surface area contributed by atoms with Crippen LogP contribution in [0.2, 0.25) is 0 Å². The van der Waals surface area contributed by atoms with Crippen LogP contribution in [0.1, 0.15) is 184 Å². The number of hydrogen-bond donors (Lipinski definition) is 0. The summed E-state index contributed by atoms with van der Waals surface area (Å²) in [5.41, 5.74) is 1.18. The van der Waals surface area contributed by atoms with Crippen LogP contribution in [-0.4, -0.2) is 37.1 Å². The van der Waals surface area contributed by atoms with Gasteiger partial charge >= 0.3 is 23.9 Å². The molecule has 0 amide bonds. The molecule has 0 aliphatic rings. The molecule has 0 fully saturated rings. The topological polar surface area (TPSA) is 124 Å². The van der Waals surface area contributed by atoms with Gasteiger partial charge in [0, 0.05) is 6.07 Å². The van der Waals surface area contributed by atoms with Crippen LogP contribution in [0.4, 0.5) is 0 Å². The number of esters is 4. The molecule has 0 radical (unpaired) electrons. The fourth-order valence-corrected chi connectivity index (χ4v) is 7.52. The van der Waals surface area contributed by atoms with Crippen LogP contribution in [-0.2, 0) is 0 Å². The maximum atomic E-state index is 13.0. The second kappa shape index (κ2) is 30.8. The Bertz CT molecular complexity index is 2080. The smallest absolute Gasteiger partial charge is 0.343 e. The first-order valence-electron chi connectivity index (χ1n) is 25.0. The molecule has 0 spiro atoms. The van der Waals surface area contributed by atoms with Gasteiger partial charge in [-0.25, -0.2) is 19.2 Å². The van der Waals surface area contributed by atoms with Crippen LogP contribution >= 0.6 is 0 Å². The van der Waals surface area contributed by atoms with E-state index in [0.717, 1.165) is 25.7 Å². The van der Waals surface area contributed by atoms with E-state index < -0.39 is 23.9 Å². The van der Waals surface area contributed by atoms with Crippen LogP contribution in [0.15, 0.2) is 121 Å². The Morgan fingerprint density at radius 1 is 0.294 bits per heavy atom. The molecule has 10 heteroatoms. The van der Waals surface area contributed by atoms with Gasteiger partial charge in [0.1, 0.15) is 34.5 Å². The molecule has 0 aromatic heterocycles. The highest BCUT2D eigenvalue weighted by atomic mass is 16.6. The van der Waals surface area contributed by atoms with E-state index in [1.54, 1.807) is 66.7 Å². The summed E-state index contributed by atoms with van der Waals surface area (Å²) in [6.45, 7) is 5.76. The second-order valence-corrected chi connectivity index (χ2v) is 17.2. The van der Waals surface area contributed by atoms with Gasteiger partial charge in [0.25, 0.3) is 0 Å². The number of benzene rings is 5. The molecule has 0 unspecified atom stereocenters. The molecule has 0 aliphatic carbocycles. The number of ether oxygens (including phenoxy) is 6. The van der Waals surface area contributed by atoms with Crippen molar-refractivity contribution in [2.24, 2.45) is 0 Å². The first-order chi connectivity index (χ1) is 33.3. The number of carbonyl (C=O) groups is 4. The van der Waals surface area contributed by atoms with Crippen molar-refractivity contribution in [1.29, 1.82) is 0 Å². The van der Waals surface area contributed by atoms with Crippen molar-refractivity contribution in [1.82, 2.24) is 0 Å². The van der Waals surface area contributed by atoms with Crippen LogP contribution < -0.4 is 28.4 Å². The molecule has 0 aliphatic heterocycles. The van der Waals surface area contributed by atoms with Crippen molar-refractivity contribution < 1.29 is 47.6 Å². The van der Waals surface area contributed by atoms with Crippen molar-refractivity contribution in [2.75, 3.05) is 13.2 Å². The second-order valence-electron chi connectivity index (χ2n) is 17.2. The predicted molar refractivity (Wildman–Crippen MR) is 267 cm³/mol. The summed E-state index contributed by atoms with van der Waals surface area (Å²) in [5.74, 6) is -0.152. The van der Waals surface area contributed by atoms with E-state index in [0.29, 0.717) is 35.8 Å². The fraction of sp³-hybridized carbons (Fsp3) is 0.414. The quantitative estimate of drug-likeness (QED) is 0.0234. The normalized spacial score (nSPS) is 10.9. The Hall–Kier alpha value is -6.42. The Labute approximate surface area is 403 Å². The minimum atomic E-state index is -0.659. The molecule has 5 aromatic carbocycles. The summed E-state index contributed by atoms with van der Waals surface area (Å²) in [6, 6.07) is 31.8. The van der Waals surface area contributed by atoms with Crippen LogP contribution in [0.5, 0.6) is 34.5 Å². The number of unbranched alkanes of at least 4 members (excludes halogenated alkanes) is 18. The maximum absolute atomic E-state index is 13.0. The van der Waals surface area contributed by atoms with E-state index in [1.165, 1.54) is 157 Å². The molecule has 0 bridgehead atoms. The molecule has 10 nitrogen and oxygen atoms in total. The highest BCUT2D eigenvalue weighted by Gasteiger charge is 2.15. The molecular formula is C58H70O10. The van der Waals surface area contributed by atoms with Crippen molar-refractivity contribution in [3.63, 3.8) is 0 Å². The van der Waals surface area contributed by atoms with Crippen LogP contribution in [0.3, 0.4) is 0 Å². The van der Waals surface area contributed by atoms with Crippen molar-refractivity contribution in [3.8, 4) is 34.5 Å². The first-order valence-corrected chi connectivity index (χ1v) is 25.0. The molecule has 0 atom stereocenters. The van der Waals surface area contributed by atoms with Gasteiger partial charge in [0.15, 0.2) is 0 Å². The molecule has 0 saturated heterocycles. The lowest BCUT2D eigenvalue weighted by Gasteiger charge is -2.09. The van der Waals surface area contributed by atoms with Gasteiger partial charge in [0.2, 0.25) is 0 Å². The van der Waals surface area contributed by atoms with E-state index in [9.17, 15) is 19.2 Å². The van der Waals surface area contributed by atoms with Crippen molar-refractivity contribution in [3.05, 3.63) is 144 Å². The predicted octanol–water partition coefficient (Wildman–Crippen LogP) is 15.2. The molecule has 0 N–H and O–H groups in total. The van der Waals surface area contributed by atoms with Gasteiger partial charge in [-0.2, -0.15) is 0 Å². The van der Waals surface area contributed by atoms with Crippen LogP contribution in [0, 0.1) is 0 Å². The maximum Gasteiger partial charge on any atom is 0.343 e. The molecule has 0 saturated carbocycles. The molecule has 362 valence electrons. The summed E-state index contributed by atoms with van der Waals surface area (Å²) in [6.07, 6.45) is 25.3. The number of carbonyl (C=O) groups excluding carboxylic acids is 4. The average molecular weight is 927 g/mol. The summed E-state index contributed by atoms with van der Waals surface area (Å²) in [7, 11) is 0. The van der Waals surface area contributed by atoms with Gasteiger partial charge in [0.05, 0.1) is 35.5 Å². The average Bonchev–Trinajstić information content (AvgIpc) is 3.35. The zero-order valence-electron chi connectivity index (χ0n) is 40.2. The number of rotatable bonds is 32. The Morgan fingerprint density at radius 3 is 0.838 bits per heavy atom. The highest BCUT2D eigenvalue weighted by Crippen LogP contribution is 2.24. The monoisotopic (exact) mass is 926 g/mol. The van der Waals surface area contributed by atoms with Gasteiger partial charge in [-0.3, -0.25) is 0 Å². The first kappa shape index (κ1) is 52.5. The van der Waals surface area contributed by atoms with E-state index in [2.05, 4.69) is 13.8 Å². The third-order valence-electron chi connectivity index (χ3n) is 11.5. The van der Waals surface area contributed by atoms with Crippen molar-refractivity contribution >= 4 is 23.9 Å². The lowest BCUT2D eigenvalue weighted by atomic mass is 10.1. The van der Waals surface area contributed by atoms with E-state index in [1.807, 2.05) is 0 Å². The van der Waals surface area contributed by atoms with Gasteiger partial charge in [-0.05, 0) is 122 Å². The Balaban J connectivity index is 0.973. The van der Waals surface area contributed by atoms with E-state index in [-0.39, 0.29) is 34.1 Å². The third kappa shape index (κ3) is 19.8. The molecule has 5 aromatic rings. The number of hydrogen-bond acceptors (Lipinski definition) is 10.